The van der Waals surface area contributed by atoms with Crippen LogP contribution in [0.4, 0.5) is 0 Å². The molecule has 1 amide bonds. The highest BCUT2D eigenvalue weighted by Crippen LogP contribution is 2.25. The van der Waals surface area contributed by atoms with Crippen LogP contribution >= 0.6 is 22.9 Å². The number of esters is 1. The minimum absolute atomic E-state index is 0.0560. The minimum Gasteiger partial charge on any atom is -0.459 e. The quantitative estimate of drug-likeness (QED) is 0.311. The summed E-state index contributed by atoms with van der Waals surface area (Å²) in [4.78, 5) is 30.7. The highest BCUT2D eigenvalue weighted by Gasteiger charge is 2.25. The second kappa shape index (κ2) is 12.3. The van der Waals surface area contributed by atoms with Crippen LogP contribution in [0.3, 0.4) is 0 Å². The highest BCUT2D eigenvalue weighted by atomic mass is 35.5. The van der Waals surface area contributed by atoms with Gasteiger partial charge in [0.2, 0.25) is 10.0 Å². The molecule has 1 atom stereocenters. The number of ether oxygens (including phenoxy) is 1. The van der Waals surface area contributed by atoms with Crippen LogP contribution in [0.25, 0.3) is 0 Å². The number of aromatic nitrogens is 1. The number of benzene rings is 1. The van der Waals surface area contributed by atoms with E-state index in [1.165, 1.54) is 11.0 Å². The van der Waals surface area contributed by atoms with E-state index in [1.807, 2.05) is 19.1 Å². The SMILES string of the molecule is CCOC(=O)C(=O)N(Cc1ccncc1)Cc1ccc(S(=O)(=O)NCC(C)c2ccc(Cl)cc2)s1. The van der Waals surface area contributed by atoms with Gasteiger partial charge in [0.1, 0.15) is 4.21 Å². The first-order chi connectivity index (χ1) is 16.7. The van der Waals surface area contributed by atoms with E-state index < -0.39 is 21.9 Å². The topological polar surface area (TPSA) is 106 Å². The van der Waals surface area contributed by atoms with Crippen molar-refractivity contribution >= 4 is 44.8 Å². The number of nitrogens with zero attached hydrogens (tertiary/aromatic N) is 2. The van der Waals surface area contributed by atoms with Crippen LogP contribution in [0.15, 0.2) is 65.1 Å². The van der Waals surface area contributed by atoms with Gasteiger partial charge >= 0.3 is 11.9 Å². The first-order valence-electron chi connectivity index (χ1n) is 10.9. The summed E-state index contributed by atoms with van der Waals surface area (Å²) in [6, 6.07) is 13.9. The zero-order chi connectivity index (χ0) is 25.4. The third-order valence-electron chi connectivity index (χ3n) is 5.13. The molecule has 2 heterocycles. The van der Waals surface area contributed by atoms with Gasteiger partial charge in [0.25, 0.3) is 0 Å². The van der Waals surface area contributed by atoms with Crippen molar-refractivity contribution in [2.24, 2.45) is 0 Å². The van der Waals surface area contributed by atoms with Crippen molar-refractivity contribution in [3.8, 4) is 0 Å². The minimum atomic E-state index is -3.75. The van der Waals surface area contributed by atoms with E-state index in [4.69, 9.17) is 16.3 Å². The van der Waals surface area contributed by atoms with Crippen molar-refractivity contribution in [1.29, 1.82) is 0 Å². The number of nitrogens with one attached hydrogen (secondary N) is 1. The Morgan fingerprint density at radius 2 is 1.77 bits per heavy atom. The lowest BCUT2D eigenvalue weighted by molar-refractivity contribution is -0.160. The van der Waals surface area contributed by atoms with Crippen LogP contribution in [0, 0.1) is 0 Å². The Balaban J connectivity index is 1.70. The summed E-state index contributed by atoms with van der Waals surface area (Å²) in [6.45, 7) is 4.04. The van der Waals surface area contributed by atoms with E-state index in [-0.39, 0.29) is 36.4 Å². The fourth-order valence-corrected chi connectivity index (χ4v) is 5.89. The largest absolute Gasteiger partial charge is 0.459 e. The molecule has 0 saturated carbocycles. The first-order valence-corrected chi connectivity index (χ1v) is 13.6. The van der Waals surface area contributed by atoms with Gasteiger partial charge in [-0.05, 0) is 60.4 Å². The normalized spacial score (nSPS) is 12.2. The van der Waals surface area contributed by atoms with E-state index >= 15 is 0 Å². The van der Waals surface area contributed by atoms with Gasteiger partial charge in [-0.15, -0.1) is 11.3 Å². The predicted molar refractivity (Wildman–Crippen MR) is 134 cm³/mol. The molecule has 1 unspecified atom stereocenters. The number of sulfonamides is 1. The lowest BCUT2D eigenvalue weighted by Gasteiger charge is -2.21. The maximum absolute atomic E-state index is 12.9. The van der Waals surface area contributed by atoms with Gasteiger partial charge in [0.15, 0.2) is 0 Å². The van der Waals surface area contributed by atoms with Gasteiger partial charge in [-0.25, -0.2) is 17.9 Å². The molecule has 11 heteroatoms. The third kappa shape index (κ3) is 7.60. The lowest BCUT2D eigenvalue weighted by Crippen LogP contribution is -2.36. The van der Waals surface area contributed by atoms with Gasteiger partial charge in [-0.3, -0.25) is 9.78 Å². The number of hydrogen-bond donors (Lipinski definition) is 1. The fourth-order valence-electron chi connectivity index (χ4n) is 3.22. The van der Waals surface area contributed by atoms with Gasteiger partial charge < -0.3 is 9.64 Å². The second-order valence-electron chi connectivity index (χ2n) is 7.76. The average molecular weight is 536 g/mol. The van der Waals surface area contributed by atoms with Crippen LogP contribution in [0.2, 0.25) is 5.02 Å². The number of carbonyl (C=O) groups excluding carboxylic acids is 2. The molecule has 8 nitrogen and oxygen atoms in total. The number of rotatable bonds is 10. The summed E-state index contributed by atoms with van der Waals surface area (Å²) in [7, 11) is -3.75. The first kappa shape index (κ1) is 26.8. The number of pyridine rings is 1. The van der Waals surface area contributed by atoms with Gasteiger partial charge in [0, 0.05) is 35.4 Å². The maximum Gasteiger partial charge on any atom is 0.397 e. The van der Waals surface area contributed by atoms with E-state index in [2.05, 4.69) is 9.71 Å². The molecule has 0 saturated heterocycles. The van der Waals surface area contributed by atoms with Crippen molar-refractivity contribution in [2.45, 2.75) is 37.1 Å². The van der Waals surface area contributed by atoms with Gasteiger partial charge in [-0.2, -0.15) is 0 Å². The summed E-state index contributed by atoms with van der Waals surface area (Å²) in [5, 5.41) is 0.618. The molecule has 186 valence electrons. The average Bonchev–Trinajstić information content (AvgIpc) is 3.32. The van der Waals surface area contributed by atoms with E-state index in [0.717, 1.165) is 22.5 Å². The molecule has 0 bridgehead atoms. The fraction of sp³-hybridized carbons (Fsp3) is 0.292. The van der Waals surface area contributed by atoms with Crippen LogP contribution in [-0.2, 0) is 37.4 Å². The lowest BCUT2D eigenvalue weighted by atomic mass is 10.0. The summed E-state index contributed by atoms with van der Waals surface area (Å²) in [5.41, 5.74) is 1.74. The van der Waals surface area contributed by atoms with Crippen molar-refractivity contribution < 1.29 is 22.7 Å². The van der Waals surface area contributed by atoms with E-state index in [9.17, 15) is 18.0 Å². The van der Waals surface area contributed by atoms with Crippen LogP contribution in [-0.4, -0.2) is 43.3 Å². The Bertz CT molecular complexity index is 1250. The molecule has 1 aromatic carbocycles. The molecule has 35 heavy (non-hydrogen) atoms. The monoisotopic (exact) mass is 535 g/mol. The molecule has 3 aromatic rings. The predicted octanol–water partition coefficient (Wildman–Crippen LogP) is 3.97. The summed E-state index contributed by atoms with van der Waals surface area (Å²) in [5.74, 6) is -1.81. The number of amides is 1. The second-order valence-corrected chi connectivity index (χ2v) is 11.4. The van der Waals surface area contributed by atoms with Gasteiger partial charge in [-0.1, -0.05) is 30.7 Å². The third-order valence-corrected chi connectivity index (χ3v) is 8.36. The van der Waals surface area contributed by atoms with E-state index in [0.29, 0.717) is 9.90 Å². The van der Waals surface area contributed by atoms with Gasteiger partial charge in [0.05, 0.1) is 13.2 Å². The van der Waals surface area contributed by atoms with Crippen LogP contribution < -0.4 is 4.72 Å². The Morgan fingerprint density at radius 1 is 1.09 bits per heavy atom. The Hall–Kier alpha value is -2.79. The zero-order valence-electron chi connectivity index (χ0n) is 19.3. The Morgan fingerprint density at radius 3 is 2.43 bits per heavy atom. The van der Waals surface area contributed by atoms with Crippen LogP contribution in [0.5, 0.6) is 0 Å². The molecule has 0 aliphatic rings. The highest BCUT2D eigenvalue weighted by molar-refractivity contribution is 7.91. The number of thiophene rings is 1. The molecular formula is C24H26ClN3O5S2. The number of carbonyl (C=O) groups is 2. The van der Waals surface area contributed by atoms with Crippen molar-refractivity contribution in [2.75, 3.05) is 13.2 Å². The Labute approximate surface area is 214 Å². The molecule has 0 fully saturated rings. The molecule has 0 aliphatic carbocycles. The molecule has 0 spiro atoms. The van der Waals surface area contributed by atoms with Crippen LogP contribution in [0.1, 0.15) is 35.8 Å². The molecule has 0 radical (unpaired) electrons. The standard InChI is InChI=1S/C24H26ClN3O5S2/c1-3-33-24(30)23(29)28(15-18-10-12-26-13-11-18)16-21-8-9-22(34-21)35(31,32)27-14-17(2)19-4-6-20(25)7-5-19/h4-13,17,27H,3,14-16H2,1-2H3. The van der Waals surface area contributed by atoms with Crippen molar-refractivity contribution in [1.82, 2.24) is 14.6 Å². The molecular weight excluding hydrogens is 510 g/mol. The summed E-state index contributed by atoms with van der Waals surface area (Å²) in [6.07, 6.45) is 3.18. The number of hydrogen-bond acceptors (Lipinski definition) is 7. The Kier molecular flexibility index (Phi) is 9.39. The van der Waals surface area contributed by atoms with Crippen molar-refractivity contribution in [3.63, 3.8) is 0 Å². The maximum atomic E-state index is 12.9. The van der Waals surface area contributed by atoms with E-state index in [1.54, 1.807) is 49.6 Å². The summed E-state index contributed by atoms with van der Waals surface area (Å²) >= 11 is 6.96. The smallest absolute Gasteiger partial charge is 0.397 e. The summed E-state index contributed by atoms with van der Waals surface area (Å²) < 4.78 is 33.3. The molecule has 1 N–H and O–H groups in total. The van der Waals surface area contributed by atoms with Crippen molar-refractivity contribution in [3.05, 3.63) is 82.0 Å². The molecule has 2 aromatic heterocycles. The molecule has 0 aliphatic heterocycles. The molecule has 3 rings (SSSR count). The number of halogens is 1. The zero-order valence-corrected chi connectivity index (χ0v) is 21.7.